The first-order valence-electron chi connectivity index (χ1n) is 10.7. The van der Waals surface area contributed by atoms with Gasteiger partial charge in [0.05, 0.1) is 31.1 Å². The summed E-state index contributed by atoms with van der Waals surface area (Å²) in [5.74, 6) is 0.401. The lowest BCUT2D eigenvalue weighted by atomic mass is 10.0. The number of carbonyl (C=O) groups excluding carboxylic acids is 1. The van der Waals surface area contributed by atoms with Gasteiger partial charge in [-0.1, -0.05) is 23.7 Å². The molecule has 5 rings (SSSR count). The van der Waals surface area contributed by atoms with Crippen LogP contribution in [0, 0.1) is 0 Å². The van der Waals surface area contributed by atoms with Gasteiger partial charge in [-0.3, -0.25) is 4.68 Å². The lowest BCUT2D eigenvalue weighted by molar-refractivity contribution is -0.0328. The summed E-state index contributed by atoms with van der Waals surface area (Å²) >= 11 is 5.82. The van der Waals surface area contributed by atoms with Gasteiger partial charge < -0.3 is 5.32 Å². The summed E-state index contributed by atoms with van der Waals surface area (Å²) in [6, 6.07) is 11.4. The topological polar surface area (TPSA) is 106 Å². The third-order valence-electron chi connectivity index (χ3n) is 5.29. The van der Waals surface area contributed by atoms with Gasteiger partial charge in [0.1, 0.15) is 6.04 Å². The molecule has 37 heavy (non-hydrogen) atoms. The van der Waals surface area contributed by atoms with Gasteiger partial charge in [-0.15, -0.1) is 10.2 Å². The maximum Gasteiger partial charge on any atom is 0.446 e. The number of rotatable bonds is 5. The molecule has 0 fully saturated rings. The van der Waals surface area contributed by atoms with Crippen LogP contribution in [0.5, 0.6) is 0 Å². The number of hydrazone groups is 1. The highest BCUT2D eigenvalue weighted by molar-refractivity contribution is 8.00. The van der Waals surface area contributed by atoms with E-state index in [0.29, 0.717) is 27.8 Å². The van der Waals surface area contributed by atoms with E-state index < -0.39 is 17.6 Å². The first-order chi connectivity index (χ1) is 17.6. The van der Waals surface area contributed by atoms with E-state index in [2.05, 4.69) is 30.9 Å². The largest absolute Gasteiger partial charge is 0.446 e. The molecule has 3 heterocycles. The van der Waals surface area contributed by atoms with Crippen LogP contribution in [0.4, 0.5) is 23.7 Å². The van der Waals surface area contributed by atoms with Crippen molar-refractivity contribution in [1.29, 1.82) is 0 Å². The summed E-state index contributed by atoms with van der Waals surface area (Å²) < 4.78 is 39.4. The van der Waals surface area contributed by atoms with Crippen molar-refractivity contribution in [1.82, 2.24) is 35.0 Å². The molecule has 4 aromatic rings. The lowest BCUT2D eigenvalue weighted by Gasteiger charge is -2.16. The highest BCUT2D eigenvalue weighted by atomic mass is 35.5. The van der Waals surface area contributed by atoms with E-state index in [-0.39, 0.29) is 23.2 Å². The molecule has 0 radical (unpaired) electrons. The molecular weight excluding hydrogens is 531 g/mol. The maximum atomic E-state index is 13.0. The number of tetrazole rings is 1. The first kappa shape index (κ1) is 24.8. The van der Waals surface area contributed by atoms with E-state index in [1.165, 1.54) is 34.1 Å². The van der Waals surface area contributed by atoms with E-state index in [1.807, 2.05) is 0 Å². The van der Waals surface area contributed by atoms with E-state index in [1.54, 1.807) is 48.4 Å². The zero-order valence-corrected chi connectivity index (χ0v) is 20.5. The van der Waals surface area contributed by atoms with Gasteiger partial charge in [0.15, 0.2) is 0 Å². The Bertz CT molecular complexity index is 1450. The molecule has 0 aliphatic carbocycles. The van der Waals surface area contributed by atoms with Crippen molar-refractivity contribution in [3.05, 3.63) is 71.5 Å². The number of hydrogen-bond acceptors (Lipinski definition) is 7. The average molecular weight is 548 g/mol. The summed E-state index contributed by atoms with van der Waals surface area (Å²) in [5.41, 5.74) is -2.10. The van der Waals surface area contributed by atoms with Crippen molar-refractivity contribution in [2.75, 3.05) is 11.9 Å². The predicted octanol–water partition coefficient (Wildman–Crippen LogP) is 4.83. The fraction of sp³-hybridized carbons (Fsp3) is 0.182. The zero-order chi connectivity index (χ0) is 26.2. The second kappa shape index (κ2) is 9.86. The molecule has 190 valence electrons. The number of aryl methyl sites for hydroxylation is 1. The maximum absolute atomic E-state index is 13.0. The highest BCUT2D eigenvalue weighted by Gasteiger charge is 2.34. The Balaban J connectivity index is 1.38. The zero-order valence-electron chi connectivity index (χ0n) is 19.0. The van der Waals surface area contributed by atoms with Crippen LogP contribution in [0.25, 0.3) is 11.4 Å². The molecule has 0 saturated heterocycles. The van der Waals surface area contributed by atoms with E-state index in [0.717, 1.165) is 5.56 Å². The number of amides is 2. The van der Waals surface area contributed by atoms with Crippen molar-refractivity contribution in [2.45, 2.75) is 16.4 Å². The number of alkyl halides is 3. The molecule has 1 aliphatic rings. The molecule has 1 atom stereocenters. The van der Waals surface area contributed by atoms with E-state index in [9.17, 15) is 18.0 Å². The van der Waals surface area contributed by atoms with Crippen molar-refractivity contribution in [2.24, 2.45) is 12.1 Å². The van der Waals surface area contributed by atoms with Gasteiger partial charge >= 0.3 is 11.5 Å². The summed E-state index contributed by atoms with van der Waals surface area (Å²) in [6.07, 6.45) is 3.34. The fourth-order valence-electron chi connectivity index (χ4n) is 3.65. The SMILES string of the molecule is Cn1nnc(-c2cnn(C3CN(C(=O)Nc4ccc(SC(F)(F)F)cc4)N=C3c3ccc(Cl)cc3)c2)n1. The average Bonchev–Trinajstić information content (AvgIpc) is 3.59. The molecule has 2 aromatic heterocycles. The molecule has 0 saturated carbocycles. The first-order valence-corrected chi connectivity index (χ1v) is 11.9. The number of nitrogens with one attached hydrogen (secondary N) is 1. The third kappa shape index (κ3) is 5.75. The quantitative estimate of drug-likeness (QED) is 0.359. The number of nitrogens with zero attached hydrogens (tertiary/aromatic N) is 8. The van der Waals surface area contributed by atoms with Crippen molar-refractivity contribution in [3.8, 4) is 11.4 Å². The van der Waals surface area contributed by atoms with Gasteiger partial charge in [0.2, 0.25) is 5.82 Å². The molecule has 1 N–H and O–H groups in total. The van der Waals surface area contributed by atoms with Crippen LogP contribution in [0.3, 0.4) is 0 Å². The Labute approximate surface area is 217 Å². The Morgan fingerprint density at radius 3 is 2.49 bits per heavy atom. The Kier molecular flexibility index (Phi) is 6.60. The minimum atomic E-state index is -4.39. The van der Waals surface area contributed by atoms with Crippen LogP contribution >= 0.6 is 23.4 Å². The van der Waals surface area contributed by atoms with Gasteiger partial charge in [0, 0.05) is 27.4 Å². The monoisotopic (exact) mass is 547 g/mol. The second-order valence-electron chi connectivity index (χ2n) is 7.90. The number of halogens is 4. The predicted molar refractivity (Wildman–Crippen MR) is 131 cm³/mol. The molecule has 1 unspecified atom stereocenters. The minimum absolute atomic E-state index is 0.0156. The van der Waals surface area contributed by atoms with Gasteiger partial charge in [-0.25, -0.2) is 9.80 Å². The smallest absolute Gasteiger partial charge is 0.306 e. The minimum Gasteiger partial charge on any atom is -0.306 e. The molecule has 2 amide bonds. The molecule has 15 heteroatoms. The van der Waals surface area contributed by atoms with Gasteiger partial charge in [-0.05, 0) is 53.4 Å². The summed E-state index contributed by atoms with van der Waals surface area (Å²) in [5, 5.41) is 25.4. The van der Waals surface area contributed by atoms with Crippen LogP contribution in [0.2, 0.25) is 5.02 Å². The number of urea groups is 1. The Morgan fingerprint density at radius 2 is 1.84 bits per heavy atom. The standard InChI is InChI=1S/C22H17ClF3N9OS/c1-33-31-20(29-32-33)14-10-27-34(11-14)18-12-35(30-19(18)13-2-4-15(23)5-3-13)21(36)28-16-6-8-17(9-7-16)37-22(24,25)26/h2-11,18H,12H2,1H3,(H,28,36). The van der Waals surface area contributed by atoms with Crippen molar-refractivity contribution >= 4 is 40.8 Å². The Hall–Kier alpha value is -3.91. The number of aromatic nitrogens is 6. The normalized spacial score (nSPS) is 15.6. The second-order valence-corrected chi connectivity index (χ2v) is 9.48. The molecule has 10 nitrogen and oxygen atoms in total. The molecule has 0 spiro atoms. The third-order valence-corrected chi connectivity index (χ3v) is 6.28. The fourth-order valence-corrected chi connectivity index (χ4v) is 4.31. The van der Waals surface area contributed by atoms with Gasteiger partial charge in [0.25, 0.3) is 0 Å². The summed E-state index contributed by atoms with van der Waals surface area (Å²) in [7, 11) is 1.66. The van der Waals surface area contributed by atoms with E-state index in [4.69, 9.17) is 11.6 Å². The number of carbonyl (C=O) groups is 1. The van der Waals surface area contributed by atoms with Gasteiger partial charge in [-0.2, -0.15) is 28.2 Å². The van der Waals surface area contributed by atoms with Crippen molar-refractivity contribution < 1.29 is 18.0 Å². The Morgan fingerprint density at radius 1 is 1.11 bits per heavy atom. The molecular formula is C22H17ClF3N9OS. The molecule has 0 bridgehead atoms. The van der Waals surface area contributed by atoms with Crippen LogP contribution in [-0.2, 0) is 7.05 Å². The molecule has 2 aromatic carbocycles. The van der Waals surface area contributed by atoms with Crippen LogP contribution in [0.15, 0.2) is 70.9 Å². The van der Waals surface area contributed by atoms with Crippen LogP contribution in [-0.4, -0.2) is 58.8 Å². The summed E-state index contributed by atoms with van der Waals surface area (Å²) in [6.45, 7) is 0.154. The highest BCUT2D eigenvalue weighted by Crippen LogP contribution is 2.37. The lowest BCUT2D eigenvalue weighted by Crippen LogP contribution is -2.31. The molecule has 1 aliphatic heterocycles. The number of benzene rings is 2. The number of hydrogen-bond donors (Lipinski definition) is 1. The van der Waals surface area contributed by atoms with Crippen molar-refractivity contribution in [3.63, 3.8) is 0 Å². The van der Waals surface area contributed by atoms with Crippen LogP contribution < -0.4 is 5.32 Å². The number of anilines is 1. The van der Waals surface area contributed by atoms with Crippen LogP contribution in [0.1, 0.15) is 11.6 Å². The summed E-state index contributed by atoms with van der Waals surface area (Å²) in [4.78, 5) is 14.4. The van der Waals surface area contributed by atoms with E-state index >= 15 is 0 Å². The number of thioether (sulfide) groups is 1.